The molecule has 0 spiro atoms. The van der Waals surface area contributed by atoms with E-state index in [1.54, 1.807) is 7.11 Å². The predicted molar refractivity (Wildman–Crippen MR) is 101 cm³/mol. The highest BCUT2D eigenvalue weighted by Crippen LogP contribution is 2.29. The highest BCUT2D eigenvalue weighted by atomic mass is 16.5. The Morgan fingerprint density at radius 1 is 1.16 bits per heavy atom. The van der Waals surface area contributed by atoms with Gasteiger partial charge in [0.25, 0.3) is 0 Å². The van der Waals surface area contributed by atoms with E-state index < -0.39 is 0 Å². The number of rotatable bonds is 6. The van der Waals surface area contributed by atoms with Gasteiger partial charge in [-0.2, -0.15) is 0 Å². The van der Waals surface area contributed by atoms with E-state index in [-0.39, 0.29) is 5.91 Å². The van der Waals surface area contributed by atoms with Crippen molar-refractivity contribution in [2.24, 2.45) is 0 Å². The van der Waals surface area contributed by atoms with Crippen molar-refractivity contribution in [3.8, 4) is 0 Å². The number of benzene rings is 2. The lowest BCUT2D eigenvalue weighted by molar-refractivity contribution is -0.120. The van der Waals surface area contributed by atoms with E-state index in [4.69, 9.17) is 4.74 Å². The van der Waals surface area contributed by atoms with E-state index in [0.29, 0.717) is 25.7 Å². The lowest BCUT2D eigenvalue weighted by Gasteiger charge is -2.36. The van der Waals surface area contributed by atoms with Crippen LogP contribution in [0.4, 0.5) is 5.69 Å². The highest BCUT2D eigenvalue weighted by Gasteiger charge is 2.24. The Morgan fingerprint density at radius 2 is 1.88 bits per heavy atom. The molecular formula is C21H26N2O2. The summed E-state index contributed by atoms with van der Waals surface area (Å²) >= 11 is 0. The predicted octanol–water partition coefficient (Wildman–Crippen LogP) is 3.29. The first-order valence-corrected chi connectivity index (χ1v) is 8.86. The zero-order valence-electron chi connectivity index (χ0n) is 15.0. The van der Waals surface area contributed by atoms with Crippen LogP contribution in [-0.4, -0.2) is 25.6 Å². The van der Waals surface area contributed by atoms with Gasteiger partial charge in [0.15, 0.2) is 0 Å². The van der Waals surface area contributed by atoms with Crippen molar-refractivity contribution in [3.63, 3.8) is 0 Å². The van der Waals surface area contributed by atoms with Gasteiger partial charge in [0.1, 0.15) is 0 Å². The molecule has 1 aliphatic heterocycles. The summed E-state index contributed by atoms with van der Waals surface area (Å²) in [6.07, 6.45) is 2.17. The van der Waals surface area contributed by atoms with E-state index in [0.717, 1.165) is 24.0 Å². The molecule has 132 valence electrons. The molecule has 25 heavy (non-hydrogen) atoms. The second-order valence-electron chi connectivity index (χ2n) is 6.62. The van der Waals surface area contributed by atoms with E-state index in [1.807, 2.05) is 30.3 Å². The van der Waals surface area contributed by atoms with Crippen molar-refractivity contribution in [1.29, 1.82) is 0 Å². The second kappa shape index (κ2) is 8.17. The number of hydrogen-bond donors (Lipinski definition) is 1. The number of carbonyl (C=O) groups is 1. The Kier molecular flexibility index (Phi) is 5.71. The molecule has 2 aromatic carbocycles. The average Bonchev–Trinajstić information content (AvgIpc) is 2.64. The van der Waals surface area contributed by atoms with Crippen molar-refractivity contribution in [2.45, 2.75) is 39.0 Å². The lowest BCUT2D eigenvalue weighted by Crippen LogP contribution is -2.44. The van der Waals surface area contributed by atoms with E-state index in [2.05, 4.69) is 35.3 Å². The minimum atomic E-state index is 0.0516. The zero-order chi connectivity index (χ0) is 17.6. The molecule has 0 fully saturated rings. The zero-order valence-corrected chi connectivity index (χ0v) is 15.0. The number of hydrogen-bond acceptors (Lipinski definition) is 3. The Labute approximate surface area is 149 Å². The number of para-hydroxylation sites is 1. The molecule has 1 amide bonds. The number of amides is 1. The minimum absolute atomic E-state index is 0.0516. The summed E-state index contributed by atoms with van der Waals surface area (Å²) in [5, 5.41) is 3.06. The summed E-state index contributed by atoms with van der Waals surface area (Å²) in [6, 6.07) is 16.8. The number of ether oxygens (including phenoxy) is 1. The molecular weight excluding hydrogens is 312 g/mol. The van der Waals surface area contributed by atoms with Crippen LogP contribution in [0, 0.1) is 0 Å². The number of nitrogens with one attached hydrogen (secondary N) is 1. The normalized spacial score (nSPS) is 16.4. The first-order chi connectivity index (χ1) is 12.2. The molecule has 0 radical (unpaired) electrons. The van der Waals surface area contributed by atoms with Crippen LogP contribution in [0.15, 0.2) is 48.5 Å². The smallest absolute Gasteiger partial charge is 0.239 e. The van der Waals surface area contributed by atoms with Crippen LogP contribution >= 0.6 is 0 Å². The summed E-state index contributed by atoms with van der Waals surface area (Å²) in [7, 11) is 1.69. The largest absolute Gasteiger partial charge is 0.380 e. The van der Waals surface area contributed by atoms with Gasteiger partial charge in [0.2, 0.25) is 5.91 Å². The molecule has 1 N–H and O–H groups in total. The van der Waals surface area contributed by atoms with Crippen LogP contribution in [0.1, 0.15) is 30.0 Å². The summed E-state index contributed by atoms with van der Waals surface area (Å²) in [5.74, 6) is 0.0516. The standard InChI is InChI=1S/C21H26N2O2/c1-16-11-12-17-7-5-6-10-20(17)23(16)14-21(24)22-13-18-8-3-4-9-19(18)15-25-2/h3-10,16H,11-15H2,1-2H3,(H,22,24). The van der Waals surface area contributed by atoms with Crippen molar-refractivity contribution in [2.75, 3.05) is 18.6 Å². The third kappa shape index (κ3) is 4.20. The molecule has 3 rings (SSSR count). The van der Waals surface area contributed by atoms with Crippen LogP contribution in [0.5, 0.6) is 0 Å². The number of fused-ring (bicyclic) bond motifs is 1. The van der Waals surface area contributed by atoms with Crippen LogP contribution in [-0.2, 0) is 29.1 Å². The van der Waals surface area contributed by atoms with Crippen LogP contribution in [0.25, 0.3) is 0 Å². The Morgan fingerprint density at radius 3 is 2.68 bits per heavy atom. The molecule has 4 nitrogen and oxygen atoms in total. The topological polar surface area (TPSA) is 41.6 Å². The third-order valence-electron chi connectivity index (χ3n) is 4.87. The van der Waals surface area contributed by atoms with E-state index in [9.17, 15) is 4.79 Å². The molecule has 1 heterocycles. The van der Waals surface area contributed by atoms with E-state index in [1.165, 1.54) is 11.3 Å². The SMILES string of the molecule is COCc1ccccc1CNC(=O)CN1c2ccccc2CCC1C. The average molecular weight is 338 g/mol. The highest BCUT2D eigenvalue weighted by molar-refractivity contribution is 5.82. The summed E-state index contributed by atoms with van der Waals surface area (Å²) in [5.41, 5.74) is 4.74. The summed E-state index contributed by atoms with van der Waals surface area (Å²) in [4.78, 5) is 14.7. The number of methoxy groups -OCH3 is 1. The molecule has 1 atom stereocenters. The van der Waals surface area contributed by atoms with Crippen molar-refractivity contribution in [3.05, 3.63) is 65.2 Å². The van der Waals surface area contributed by atoms with Gasteiger partial charge in [-0.25, -0.2) is 0 Å². The van der Waals surface area contributed by atoms with Gasteiger partial charge in [-0.3, -0.25) is 4.79 Å². The number of carbonyl (C=O) groups excluding carboxylic acids is 1. The maximum Gasteiger partial charge on any atom is 0.239 e. The summed E-state index contributed by atoms with van der Waals surface area (Å²) in [6.45, 7) is 3.67. The van der Waals surface area contributed by atoms with Gasteiger partial charge >= 0.3 is 0 Å². The quantitative estimate of drug-likeness (QED) is 0.879. The molecule has 2 aromatic rings. The Balaban J connectivity index is 1.64. The first kappa shape index (κ1) is 17.5. The van der Waals surface area contributed by atoms with Crippen LogP contribution < -0.4 is 10.2 Å². The molecule has 0 aromatic heterocycles. The maximum absolute atomic E-state index is 12.5. The lowest BCUT2D eigenvalue weighted by atomic mass is 9.96. The van der Waals surface area contributed by atoms with Crippen molar-refractivity contribution >= 4 is 11.6 Å². The van der Waals surface area contributed by atoms with Gasteiger partial charge in [-0.1, -0.05) is 42.5 Å². The van der Waals surface area contributed by atoms with Gasteiger partial charge in [0, 0.05) is 25.4 Å². The van der Waals surface area contributed by atoms with Crippen LogP contribution in [0.2, 0.25) is 0 Å². The van der Waals surface area contributed by atoms with Crippen LogP contribution in [0.3, 0.4) is 0 Å². The second-order valence-corrected chi connectivity index (χ2v) is 6.62. The van der Waals surface area contributed by atoms with Gasteiger partial charge < -0.3 is 15.0 Å². The van der Waals surface area contributed by atoms with Gasteiger partial charge in [0.05, 0.1) is 13.2 Å². The molecule has 0 aliphatic carbocycles. The Hall–Kier alpha value is -2.33. The Bertz CT molecular complexity index is 729. The first-order valence-electron chi connectivity index (χ1n) is 8.86. The number of aryl methyl sites for hydroxylation is 1. The van der Waals surface area contributed by atoms with E-state index >= 15 is 0 Å². The maximum atomic E-state index is 12.5. The third-order valence-corrected chi connectivity index (χ3v) is 4.87. The molecule has 0 saturated heterocycles. The minimum Gasteiger partial charge on any atom is -0.380 e. The molecule has 1 unspecified atom stereocenters. The van der Waals surface area contributed by atoms with Crippen molar-refractivity contribution < 1.29 is 9.53 Å². The van der Waals surface area contributed by atoms with Gasteiger partial charge in [-0.05, 0) is 42.5 Å². The molecule has 0 saturated carbocycles. The molecule has 0 bridgehead atoms. The fourth-order valence-electron chi connectivity index (χ4n) is 3.43. The fourth-order valence-corrected chi connectivity index (χ4v) is 3.43. The number of nitrogens with zero attached hydrogens (tertiary/aromatic N) is 1. The summed E-state index contributed by atoms with van der Waals surface area (Å²) < 4.78 is 5.23. The van der Waals surface area contributed by atoms with Gasteiger partial charge in [-0.15, -0.1) is 0 Å². The number of anilines is 1. The monoisotopic (exact) mass is 338 g/mol. The fraction of sp³-hybridized carbons (Fsp3) is 0.381. The molecule has 4 heteroatoms. The van der Waals surface area contributed by atoms with Crippen molar-refractivity contribution in [1.82, 2.24) is 5.32 Å². The molecule has 1 aliphatic rings.